The maximum Gasteiger partial charge on any atom is 0.0411 e. The molecule has 0 unspecified atom stereocenters. The van der Waals surface area contributed by atoms with Crippen molar-refractivity contribution >= 4 is 11.6 Å². The van der Waals surface area contributed by atoms with Gasteiger partial charge in [-0.15, -0.1) is 0 Å². The molecule has 11 heavy (non-hydrogen) atoms. The van der Waals surface area contributed by atoms with Gasteiger partial charge in [-0.3, -0.25) is 0 Å². The first-order valence-electron chi connectivity index (χ1n) is 3.74. The first-order chi connectivity index (χ1) is 5.26. The van der Waals surface area contributed by atoms with Crippen LogP contribution in [0.2, 0.25) is 5.02 Å². The Balaban J connectivity index is 3.02. The quantitative estimate of drug-likeness (QED) is 0.723. The van der Waals surface area contributed by atoms with Crippen LogP contribution in [0.1, 0.15) is 18.1 Å². The van der Waals surface area contributed by atoms with Crippen LogP contribution in [0.5, 0.6) is 0 Å². The minimum Gasteiger partial charge on any atom is -0.326 e. The van der Waals surface area contributed by atoms with E-state index in [0.29, 0.717) is 6.54 Å². The van der Waals surface area contributed by atoms with Gasteiger partial charge in [0.05, 0.1) is 0 Å². The summed E-state index contributed by atoms with van der Waals surface area (Å²) in [6.45, 7) is 2.67. The third kappa shape index (κ3) is 2.21. The van der Waals surface area contributed by atoms with Crippen molar-refractivity contribution in [1.29, 1.82) is 0 Å². The summed E-state index contributed by atoms with van der Waals surface area (Å²) >= 11 is 5.85. The lowest BCUT2D eigenvalue weighted by molar-refractivity contribution is 1.05. The molecule has 0 bridgehead atoms. The van der Waals surface area contributed by atoms with Gasteiger partial charge >= 0.3 is 0 Å². The molecular weight excluding hydrogens is 158 g/mol. The van der Waals surface area contributed by atoms with E-state index in [1.165, 1.54) is 5.56 Å². The maximum atomic E-state index is 5.85. The zero-order chi connectivity index (χ0) is 8.27. The Hall–Kier alpha value is -0.530. The van der Waals surface area contributed by atoms with Gasteiger partial charge in [0.1, 0.15) is 0 Å². The van der Waals surface area contributed by atoms with Crippen molar-refractivity contribution in [3.05, 3.63) is 34.3 Å². The molecule has 2 heteroatoms. The monoisotopic (exact) mass is 169 g/mol. The van der Waals surface area contributed by atoms with Gasteiger partial charge in [-0.25, -0.2) is 0 Å². The number of benzene rings is 1. The number of hydrogen-bond acceptors (Lipinski definition) is 1. The summed E-state index contributed by atoms with van der Waals surface area (Å²) in [6, 6.07) is 5.97. The van der Waals surface area contributed by atoms with Gasteiger partial charge in [0.15, 0.2) is 0 Å². The largest absolute Gasteiger partial charge is 0.326 e. The van der Waals surface area contributed by atoms with Crippen molar-refractivity contribution in [1.82, 2.24) is 0 Å². The molecule has 0 fully saturated rings. The number of aryl methyl sites for hydroxylation is 1. The van der Waals surface area contributed by atoms with Gasteiger partial charge < -0.3 is 5.73 Å². The molecule has 0 aromatic heterocycles. The lowest BCUT2D eigenvalue weighted by atomic mass is 10.1. The Morgan fingerprint density at radius 3 is 2.45 bits per heavy atom. The summed E-state index contributed by atoms with van der Waals surface area (Å²) < 4.78 is 0. The first kappa shape index (κ1) is 8.57. The highest BCUT2D eigenvalue weighted by Crippen LogP contribution is 2.14. The fraction of sp³-hybridized carbons (Fsp3) is 0.333. The Morgan fingerprint density at radius 2 is 1.91 bits per heavy atom. The van der Waals surface area contributed by atoms with E-state index in [1.54, 1.807) is 0 Å². The van der Waals surface area contributed by atoms with Crippen molar-refractivity contribution in [2.75, 3.05) is 0 Å². The van der Waals surface area contributed by atoms with Crippen molar-refractivity contribution in [3.63, 3.8) is 0 Å². The molecule has 0 saturated carbocycles. The molecule has 0 amide bonds. The van der Waals surface area contributed by atoms with Crippen molar-refractivity contribution < 1.29 is 0 Å². The van der Waals surface area contributed by atoms with Crippen LogP contribution < -0.4 is 5.73 Å². The van der Waals surface area contributed by atoms with Crippen LogP contribution in [0, 0.1) is 0 Å². The van der Waals surface area contributed by atoms with Crippen LogP contribution in [0.15, 0.2) is 18.2 Å². The van der Waals surface area contributed by atoms with E-state index < -0.39 is 0 Å². The van der Waals surface area contributed by atoms with Crippen LogP contribution in [0.25, 0.3) is 0 Å². The van der Waals surface area contributed by atoms with E-state index in [-0.39, 0.29) is 0 Å². The highest BCUT2D eigenvalue weighted by atomic mass is 35.5. The highest BCUT2D eigenvalue weighted by molar-refractivity contribution is 6.30. The number of halogens is 1. The zero-order valence-electron chi connectivity index (χ0n) is 6.60. The van der Waals surface area contributed by atoms with Crippen molar-refractivity contribution in [2.45, 2.75) is 19.9 Å². The molecule has 1 nitrogen and oxygen atoms in total. The average molecular weight is 170 g/mol. The normalized spacial score (nSPS) is 10.1. The molecule has 60 valence electrons. The average Bonchev–Trinajstić information content (AvgIpc) is 2.03. The Bertz CT molecular complexity index is 223. The first-order valence-corrected chi connectivity index (χ1v) is 4.12. The molecule has 0 heterocycles. The topological polar surface area (TPSA) is 26.0 Å². The molecule has 0 aliphatic rings. The minimum atomic E-state index is 0.563. The summed E-state index contributed by atoms with van der Waals surface area (Å²) in [6.07, 6.45) is 1.01. The predicted molar refractivity (Wildman–Crippen MR) is 48.7 cm³/mol. The number of hydrogen-bond donors (Lipinski definition) is 1. The van der Waals surface area contributed by atoms with Gasteiger partial charge in [0.25, 0.3) is 0 Å². The van der Waals surface area contributed by atoms with Crippen LogP contribution in [0.3, 0.4) is 0 Å². The van der Waals surface area contributed by atoms with Gasteiger partial charge in [0.2, 0.25) is 0 Å². The Kier molecular flexibility index (Phi) is 2.92. The number of nitrogens with two attached hydrogens (primary N) is 1. The summed E-state index contributed by atoms with van der Waals surface area (Å²) in [5.41, 5.74) is 7.84. The lowest BCUT2D eigenvalue weighted by Gasteiger charge is -2.01. The second kappa shape index (κ2) is 3.74. The summed E-state index contributed by atoms with van der Waals surface area (Å²) in [7, 11) is 0. The van der Waals surface area contributed by atoms with Crippen LogP contribution in [-0.4, -0.2) is 0 Å². The molecule has 1 rings (SSSR count). The lowest BCUT2D eigenvalue weighted by Crippen LogP contribution is -1.96. The molecule has 1 aromatic rings. The molecular formula is C9H12ClN. The minimum absolute atomic E-state index is 0.563. The molecule has 0 aliphatic heterocycles. The van der Waals surface area contributed by atoms with E-state index in [9.17, 15) is 0 Å². The smallest absolute Gasteiger partial charge is 0.0411 e. The third-order valence-corrected chi connectivity index (χ3v) is 1.88. The Labute approximate surface area is 72.2 Å². The Morgan fingerprint density at radius 1 is 1.27 bits per heavy atom. The maximum absolute atomic E-state index is 5.85. The standard InChI is InChI=1S/C9H12ClN/c1-2-7-3-8(6-11)5-9(10)4-7/h3-5H,2,6,11H2,1H3. The summed E-state index contributed by atoms with van der Waals surface area (Å²) in [5, 5.41) is 0.782. The van der Waals surface area contributed by atoms with E-state index in [1.807, 2.05) is 12.1 Å². The molecule has 0 atom stereocenters. The third-order valence-electron chi connectivity index (χ3n) is 1.66. The molecule has 0 saturated heterocycles. The van der Waals surface area contributed by atoms with Crippen molar-refractivity contribution in [2.24, 2.45) is 5.73 Å². The van der Waals surface area contributed by atoms with E-state index in [4.69, 9.17) is 17.3 Å². The van der Waals surface area contributed by atoms with Crippen LogP contribution in [-0.2, 0) is 13.0 Å². The van der Waals surface area contributed by atoms with Crippen molar-refractivity contribution in [3.8, 4) is 0 Å². The van der Waals surface area contributed by atoms with Gasteiger partial charge in [-0.05, 0) is 29.7 Å². The highest BCUT2D eigenvalue weighted by Gasteiger charge is 1.95. The van der Waals surface area contributed by atoms with Crippen LogP contribution >= 0.6 is 11.6 Å². The van der Waals surface area contributed by atoms with E-state index in [0.717, 1.165) is 17.0 Å². The molecule has 2 N–H and O–H groups in total. The predicted octanol–water partition coefficient (Wildman–Crippen LogP) is 2.36. The van der Waals surface area contributed by atoms with Gasteiger partial charge in [-0.1, -0.05) is 24.6 Å². The van der Waals surface area contributed by atoms with E-state index in [2.05, 4.69) is 13.0 Å². The fourth-order valence-corrected chi connectivity index (χ4v) is 1.32. The van der Waals surface area contributed by atoms with Gasteiger partial charge in [0, 0.05) is 11.6 Å². The second-order valence-electron chi connectivity index (χ2n) is 2.53. The fourth-order valence-electron chi connectivity index (χ4n) is 1.04. The summed E-state index contributed by atoms with van der Waals surface area (Å²) in [4.78, 5) is 0. The molecule has 1 aromatic carbocycles. The molecule has 0 radical (unpaired) electrons. The molecule has 0 aliphatic carbocycles. The van der Waals surface area contributed by atoms with Crippen LogP contribution in [0.4, 0.5) is 0 Å². The van der Waals surface area contributed by atoms with E-state index >= 15 is 0 Å². The summed E-state index contributed by atoms with van der Waals surface area (Å²) in [5.74, 6) is 0. The SMILES string of the molecule is CCc1cc(Cl)cc(CN)c1. The number of rotatable bonds is 2. The molecule has 0 spiro atoms. The zero-order valence-corrected chi connectivity index (χ0v) is 7.36. The van der Waals surface area contributed by atoms with Gasteiger partial charge in [-0.2, -0.15) is 0 Å². The second-order valence-corrected chi connectivity index (χ2v) is 2.96.